The molecule has 1 aromatic carbocycles. The van der Waals surface area contributed by atoms with Gasteiger partial charge in [0.25, 0.3) is 0 Å². The quantitative estimate of drug-likeness (QED) is 0.795. The van der Waals surface area contributed by atoms with Crippen LogP contribution >= 0.6 is 0 Å². The highest BCUT2D eigenvalue weighted by molar-refractivity contribution is 5.39. The van der Waals surface area contributed by atoms with Crippen LogP contribution in [0.2, 0.25) is 0 Å². The molecule has 1 aromatic rings. The normalized spacial score (nSPS) is 15.9. The van der Waals surface area contributed by atoms with Crippen molar-refractivity contribution in [2.75, 3.05) is 7.11 Å². The smallest absolute Gasteiger partial charge is 0.124 e. The lowest BCUT2D eigenvalue weighted by Crippen LogP contribution is -2.40. The molecule has 0 aromatic heterocycles. The van der Waals surface area contributed by atoms with Crippen molar-refractivity contribution in [2.24, 2.45) is 0 Å². The van der Waals surface area contributed by atoms with Crippen molar-refractivity contribution in [3.8, 4) is 5.75 Å². The van der Waals surface area contributed by atoms with Crippen LogP contribution in [0.4, 0.5) is 0 Å². The fraction of sp³-hybridized carbons (Fsp3) is 0.625. The Morgan fingerprint density at radius 1 is 1.26 bits per heavy atom. The summed E-state index contributed by atoms with van der Waals surface area (Å²) in [5.74, 6) is 0.752. The van der Waals surface area contributed by atoms with Crippen LogP contribution < -0.4 is 10.1 Å². The minimum atomic E-state index is -0.547. The van der Waals surface area contributed by atoms with E-state index in [2.05, 4.69) is 26.1 Å². The average Bonchev–Trinajstić information content (AvgIpc) is 2.43. The summed E-state index contributed by atoms with van der Waals surface area (Å²) in [7, 11) is 1.64. The highest BCUT2D eigenvalue weighted by Crippen LogP contribution is 2.29. The minimum absolute atomic E-state index is 0.0469. The summed E-state index contributed by atoms with van der Waals surface area (Å²) < 4.78 is 5.36. The van der Waals surface area contributed by atoms with Crippen molar-refractivity contribution in [2.45, 2.75) is 58.7 Å². The van der Waals surface area contributed by atoms with E-state index in [1.165, 1.54) is 0 Å². The van der Waals surface area contributed by atoms with Crippen LogP contribution in [0.25, 0.3) is 0 Å². The lowest BCUT2D eigenvalue weighted by atomic mass is 9.97. The molecule has 0 aliphatic heterocycles. The highest BCUT2D eigenvalue weighted by Gasteiger charge is 2.23. The van der Waals surface area contributed by atoms with E-state index in [4.69, 9.17) is 4.74 Å². The molecule has 0 aliphatic rings. The molecule has 0 bridgehead atoms. The van der Waals surface area contributed by atoms with Gasteiger partial charge in [-0.15, -0.1) is 0 Å². The molecule has 1 rings (SSSR count). The van der Waals surface area contributed by atoms with E-state index in [1.807, 2.05) is 25.1 Å². The van der Waals surface area contributed by atoms with Crippen molar-refractivity contribution in [3.63, 3.8) is 0 Å². The first kappa shape index (κ1) is 16.0. The molecule has 0 saturated carbocycles. The first-order valence-corrected chi connectivity index (χ1v) is 7.12. The Bertz CT molecular complexity index is 392. The number of ether oxygens (including phenoxy) is 1. The second kappa shape index (κ2) is 7.51. The van der Waals surface area contributed by atoms with Gasteiger partial charge < -0.3 is 15.2 Å². The number of hydrogen-bond acceptors (Lipinski definition) is 3. The van der Waals surface area contributed by atoms with Crippen molar-refractivity contribution < 1.29 is 9.84 Å². The Labute approximate surface area is 117 Å². The maximum absolute atomic E-state index is 10.6. The molecule has 0 amide bonds. The number of hydrogen-bond donors (Lipinski definition) is 2. The van der Waals surface area contributed by atoms with Gasteiger partial charge in [-0.3, -0.25) is 0 Å². The van der Waals surface area contributed by atoms with Gasteiger partial charge in [-0.25, -0.2) is 0 Å². The van der Waals surface area contributed by atoms with Gasteiger partial charge in [-0.05, 0) is 38.8 Å². The zero-order chi connectivity index (χ0) is 14.4. The topological polar surface area (TPSA) is 41.5 Å². The van der Waals surface area contributed by atoms with Gasteiger partial charge >= 0.3 is 0 Å². The standard InChI is InChI=1S/C16H27NO2/c1-6-12(4)17-14(7-2)16(18)13-10-11(3)8-9-15(13)19-5/h8-10,12,14,16-18H,6-7H2,1-5H3. The van der Waals surface area contributed by atoms with Gasteiger partial charge in [0.05, 0.1) is 13.2 Å². The average molecular weight is 265 g/mol. The van der Waals surface area contributed by atoms with Crippen LogP contribution in [0.3, 0.4) is 0 Å². The summed E-state index contributed by atoms with van der Waals surface area (Å²) in [6, 6.07) is 6.37. The van der Waals surface area contributed by atoms with E-state index in [-0.39, 0.29) is 6.04 Å². The molecule has 0 spiro atoms. The molecule has 3 unspecified atom stereocenters. The zero-order valence-corrected chi connectivity index (χ0v) is 12.7. The Morgan fingerprint density at radius 3 is 2.47 bits per heavy atom. The number of rotatable bonds is 7. The predicted molar refractivity (Wildman–Crippen MR) is 79.7 cm³/mol. The van der Waals surface area contributed by atoms with E-state index in [0.717, 1.165) is 29.7 Å². The van der Waals surface area contributed by atoms with E-state index in [9.17, 15) is 5.11 Å². The van der Waals surface area contributed by atoms with Crippen LogP contribution in [0.1, 0.15) is 50.8 Å². The van der Waals surface area contributed by atoms with Crippen LogP contribution in [0.15, 0.2) is 18.2 Å². The fourth-order valence-electron chi connectivity index (χ4n) is 2.22. The van der Waals surface area contributed by atoms with Gasteiger partial charge in [0.1, 0.15) is 5.75 Å². The number of nitrogens with one attached hydrogen (secondary N) is 1. The molecule has 3 heteroatoms. The summed E-state index contributed by atoms with van der Waals surface area (Å²) in [5, 5.41) is 14.1. The van der Waals surface area contributed by atoms with Crippen LogP contribution in [0, 0.1) is 6.92 Å². The predicted octanol–water partition coefficient (Wildman–Crippen LogP) is 3.20. The van der Waals surface area contributed by atoms with Crippen molar-refractivity contribution in [3.05, 3.63) is 29.3 Å². The third-order valence-corrected chi connectivity index (χ3v) is 3.64. The van der Waals surface area contributed by atoms with Gasteiger partial charge in [0.15, 0.2) is 0 Å². The van der Waals surface area contributed by atoms with Crippen molar-refractivity contribution >= 4 is 0 Å². The third-order valence-electron chi connectivity index (χ3n) is 3.64. The van der Waals surface area contributed by atoms with Crippen molar-refractivity contribution in [1.82, 2.24) is 5.32 Å². The van der Waals surface area contributed by atoms with E-state index in [0.29, 0.717) is 6.04 Å². The summed E-state index contributed by atoms with van der Waals surface area (Å²) in [4.78, 5) is 0. The van der Waals surface area contributed by atoms with Crippen LogP contribution in [-0.4, -0.2) is 24.3 Å². The molecular formula is C16H27NO2. The lowest BCUT2D eigenvalue weighted by Gasteiger charge is -2.27. The summed E-state index contributed by atoms with van der Waals surface area (Å²) in [6.45, 7) is 8.40. The largest absolute Gasteiger partial charge is 0.496 e. The number of methoxy groups -OCH3 is 1. The number of aryl methyl sites for hydroxylation is 1. The molecule has 0 aliphatic carbocycles. The molecule has 108 valence electrons. The van der Waals surface area contributed by atoms with Gasteiger partial charge in [-0.2, -0.15) is 0 Å². The Kier molecular flexibility index (Phi) is 6.32. The maximum Gasteiger partial charge on any atom is 0.124 e. The van der Waals surface area contributed by atoms with E-state index >= 15 is 0 Å². The fourth-order valence-corrected chi connectivity index (χ4v) is 2.22. The van der Waals surface area contributed by atoms with Gasteiger partial charge in [0, 0.05) is 17.6 Å². The number of aliphatic hydroxyl groups excluding tert-OH is 1. The zero-order valence-electron chi connectivity index (χ0n) is 12.7. The number of benzene rings is 1. The molecule has 19 heavy (non-hydrogen) atoms. The SMILES string of the molecule is CCC(C)NC(CC)C(O)c1cc(C)ccc1OC. The first-order valence-electron chi connectivity index (χ1n) is 7.12. The summed E-state index contributed by atoms with van der Waals surface area (Å²) in [5.41, 5.74) is 2.00. The maximum atomic E-state index is 10.6. The third kappa shape index (κ3) is 4.22. The van der Waals surface area contributed by atoms with Crippen LogP contribution in [-0.2, 0) is 0 Å². The summed E-state index contributed by atoms with van der Waals surface area (Å²) in [6.07, 6.45) is 1.38. The number of aliphatic hydroxyl groups is 1. The first-order chi connectivity index (χ1) is 9.03. The second-order valence-corrected chi connectivity index (χ2v) is 5.18. The molecule has 0 radical (unpaired) electrons. The van der Waals surface area contributed by atoms with Gasteiger partial charge in [0.2, 0.25) is 0 Å². The van der Waals surface area contributed by atoms with Gasteiger partial charge in [-0.1, -0.05) is 25.5 Å². The molecule has 0 heterocycles. The van der Waals surface area contributed by atoms with Crippen LogP contribution in [0.5, 0.6) is 5.75 Å². The molecule has 0 fully saturated rings. The summed E-state index contributed by atoms with van der Waals surface area (Å²) >= 11 is 0. The molecule has 2 N–H and O–H groups in total. The molecule has 3 atom stereocenters. The molecule has 3 nitrogen and oxygen atoms in total. The van der Waals surface area contributed by atoms with Crippen molar-refractivity contribution in [1.29, 1.82) is 0 Å². The monoisotopic (exact) mass is 265 g/mol. The Balaban J connectivity index is 2.95. The minimum Gasteiger partial charge on any atom is -0.496 e. The molecule has 0 saturated heterocycles. The van der Waals surface area contributed by atoms with E-state index < -0.39 is 6.10 Å². The Morgan fingerprint density at radius 2 is 1.95 bits per heavy atom. The Hall–Kier alpha value is -1.06. The highest BCUT2D eigenvalue weighted by atomic mass is 16.5. The van der Waals surface area contributed by atoms with E-state index in [1.54, 1.807) is 7.11 Å². The second-order valence-electron chi connectivity index (χ2n) is 5.18. The molecular weight excluding hydrogens is 238 g/mol. The lowest BCUT2D eigenvalue weighted by molar-refractivity contribution is 0.117.